The molecule has 7 rings (SSSR count). The summed E-state index contributed by atoms with van der Waals surface area (Å²) in [6.45, 7) is 25.3. The number of aliphatic carboxylic acids is 1. The van der Waals surface area contributed by atoms with E-state index >= 15 is 0 Å². The fourth-order valence-corrected chi connectivity index (χ4v) is 14.4. The van der Waals surface area contributed by atoms with Crippen LogP contribution in [0.4, 0.5) is 4.39 Å². The predicted octanol–water partition coefficient (Wildman–Crippen LogP) is 9.01. The molecule has 274 valence electrons. The number of carbonyl (C=O) groups is 1. The lowest BCUT2D eigenvalue weighted by atomic mass is 9.33. The number of ether oxygens (including phenoxy) is 1. The third-order valence-electron chi connectivity index (χ3n) is 17.3. The van der Waals surface area contributed by atoms with Gasteiger partial charge in [0, 0.05) is 31.7 Å². The number of hydrogen-bond acceptors (Lipinski definition) is 4. The third kappa shape index (κ3) is 5.33. The van der Waals surface area contributed by atoms with Gasteiger partial charge in [-0.15, -0.1) is 0 Å². The van der Waals surface area contributed by atoms with Gasteiger partial charge < -0.3 is 15.2 Å². The number of carboxylic acids is 1. The summed E-state index contributed by atoms with van der Waals surface area (Å²) in [4.78, 5) is 14.6. The summed E-state index contributed by atoms with van der Waals surface area (Å²) >= 11 is 0. The van der Waals surface area contributed by atoms with Crippen molar-refractivity contribution in [2.75, 3.05) is 46.1 Å². The number of carboxylic acid groups (broad SMARTS) is 1. The van der Waals surface area contributed by atoms with Crippen molar-refractivity contribution in [2.24, 2.45) is 56.7 Å². The minimum atomic E-state index is -1.24. The fraction of sp³-hybridized carbons (Fsp3) is 0.837. The third-order valence-corrected chi connectivity index (χ3v) is 17.3. The van der Waals surface area contributed by atoms with Crippen LogP contribution in [0.25, 0.3) is 0 Å². The first-order chi connectivity index (χ1) is 23.2. The second-order valence-corrected chi connectivity index (χ2v) is 19.4. The molecule has 2 N–H and O–H groups in total. The first-order valence-corrected chi connectivity index (χ1v) is 20.1. The number of rotatable bonds is 8. The smallest absolute Gasteiger partial charge is 0.312 e. The zero-order chi connectivity index (χ0) is 35.0. The van der Waals surface area contributed by atoms with Gasteiger partial charge in [0.05, 0.1) is 18.6 Å². The molecule has 1 heterocycles. The zero-order valence-corrected chi connectivity index (χ0v) is 31.8. The first-order valence-electron chi connectivity index (χ1n) is 20.1. The van der Waals surface area contributed by atoms with E-state index < -0.39 is 18.1 Å². The molecule has 1 aliphatic heterocycles. The van der Waals surface area contributed by atoms with E-state index in [2.05, 4.69) is 70.5 Å². The molecule has 5 fully saturated rings. The largest absolute Gasteiger partial charge is 0.481 e. The average Bonchev–Trinajstić information content (AvgIpc) is 3.45. The van der Waals surface area contributed by atoms with E-state index in [1.807, 2.05) is 0 Å². The SMILES string of the molecule is C=C(C)[C@@H]1CC[C@]2(NCCN3CCOCC3)CC[C@]3(C)[C@H](CC[C@@H]4[C@@]5(C)CC=C(C6=CC[C@](CF)(C(=O)O)CC6)C(C)(C)C5CC[C@]43C)C12. The lowest BCUT2D eigenvalue weighted by Gasteiger charge is -2.72. The summed E-state index contributed by atoms with van der Waals surface area (Å²) in [6, 6.07) is 0. The normalized spacial score (nSPS) is 46.4. The van der Waals surface area contributed by atoms with Crippen LogP contribution in [0.3, 0.4) is 0 Å². The van der Waals surface area contributed by atoms with Crippen molar-refractivity contribution in [2.45, 2.75) is 124 Å². The van der Waals surface area contributed by atoms with Gasteiger partial charge in [-0.3, -0.25) is 9.69 Å². The van der Waals surface area contributed by atoms with Gasteiger partial charge in [0.1, 0.15) is 6.67 Å². The maximum atomic E-state index is 14.0. The van der Waals surface area contributed by atoms with Gasteiger partial charge in [-0.1, -0.05) is 58.9 Å². The van der Waals surface area contributed by atoms with Gasteiger partial charge in [0.15, 0.2) is 0 Å². The van der Waals surface area contributed by atoms with Gasteiger partial charge in [-0.05, 0) is 146 Å². The van der Waals surface area contributed by atoms with Crippen LogP contribution in [0.1, 0.15) is 119 Å². The van der Waals surface area contributed by atoms with Gasteiger partial charge in [-0.25, -0.2) is 4.39 Å². The van der Waals surface area contributed by atoms with Gasteiger partial charge in [0.2, 0.25) is 0 Å². The van der Waals surface area contributed by atoms with E-state index in [0.29, 0.717) is 53.8 Å². The average molecular weight is 679 g/mol. The number of morpholine rings is 1. The van der Waals surface area contributed by atoms with Crippen LogP contribution in [0.5, 0.6) is 0 Å². The summed E-state index contributed by atoms with van der Waals surface area (Å²) in [7, 11) is 0. The molecule has 7 aliphatic rings. The van der Waals surface area contributed by atoms with Crippen LogP contribution in [-0.2, 0) is 9.53 Å². The number of alkyl halides is 1. The minimum absolute atomic E-state index is 0.0134. The van der Waals surface area contributed by atoms with Crippen molar-refractivity contribution in [3.8, 4) is 0 Å². The number of halogens is 1. The van der Waals surface area contributed by atoms with Crippen LogP contribution < -0.4 is 5.32 Å². The van der Waals surface area contributed by atoms with Crippen molar-refractivity contribution in [1.29, 1.82) is 0 Å². The molecule has 0 spiro atoms. The molecule has 0 amide bonds. The van der Waals surface area contributed by atoms with Gasteiger partial charge >= 0.3 is 5.97 Å². The maximum absolute atomic E-state index is 14.0. The maximum Gasteiger partial charge on any atom is 0.312 e. The van der Waals surface area contributed by atoms with E-state index in [4.69, 9.17) is 4.74 Å². The first kappa shape index (κ1) is 35.9. The summed E-state index contributed by atoms with van der Waals surface area (Å²) in [5.41, 5.74) is 3.99. The topological polar surface area (TPSA) is 61.8 Å². The highest BCUT2D eigenvalue weighted by Gasteiger charge is 2.70. The molecule has 1 saturated heterocycles. The molecule has 6 heteroatoms. The summed E-state index contributed by atoms with van der Waals surface area (Å²) in [5, 5.41) is 14.1. The zero-order valence-electron chi connectivity index (χ0n) is 31.8. The van der Waals surface area contributed by atoms with Crippen molar-refractivity contribution >= 4 is 5.97 Å². The van der Waals surface area contributed by atoms with Gasteiger partial charge in [-0.2, -0.15) is 0 Å². The summed E-state index contributed by atoms with van der Waals surface area (Å²) in [6.07, 6.45) is 17.5. The van der Waals surface area contributed by atoms with Crippen LogP contribution in [0.15, 0.2) is 35.5 Å². The summed E-state index contributed by atoms with van der Waals surface area (Å²) in [5.74, 6) is 2.31. The molecule has 4 saturated carbocycles. The monoisotopic (exact) mass is 679 g/mol. The molecular formula is C43H67FN2O3. The highest BCUT2D eigenvalue weighted by atomic mass is 19.1. The van der Waals surface area contributed by atoms with E-state index in [0.717, 1.165) is 51.7 Å². The lowest BCUT2D eigenvalue weighted by Crippen LogP contribution is -2.68. The van der Waals surface area contributed by atoms with E-state index in [-0.39, 0.29) is 16.4 Å². The Balaban J connectivity index is 1.15. The quantitative estimate of drug-likeness (QED) is 0.251. The molecule has 0 aromatic heterocycles. The molecule has 0 bridgehead atoms. The van der Waals surface area contributed by atoms with Crippen LogP contribution in [0.2, 0.25) is 0 Å². The second-order valence-electron chi connectivity index (χ2n) is 19.4. The molecule has 5 nitrogen and oxygen atoms in total. The van der Waals surface area contributed by atoms with E-state index in [1.54, 1.807) is 0 Å². The molecule has 0 radical (unpaired) electrons. The fourth-order valence-electron chi connectivity index (χ4n) is 14.4. The Morgan fingerprint density at radius 2 is 1.71 bits per heavy atom. The standard InChI is InChI=1S/C43H67FN2O3/c1-29(2)31-12-19-43(45-22-23-46-24-26-49-27-25-46)21-20-40(6)33(36(31)43)8-9-35-39(5)15-13-32(38(3,4)34(39)14-16-41(35,40)7)30-10-17-42(28-44,18-11-30)37(47)48/h10,13,31,33-36,45H,1,8-9,11-12,14-28H2,2-7H3,(H,47,48)/t31-,33+,34?,35+,36?,39-,40+,41+,42-,43-/m0/s1. The van der Waals surface area contributed by atoms with Crippen molar-refractivity contribution in [3.05, 3.63) is 35.5 Å². The number of hydrogen-bond donors (Lipinski definition) is 2. The van der Waals surface area contributed by atoms with Gasteiger partial charge in [0.25, 0.3) is 0 Å². The number of allylic oxidation sites excluding steroid dienone is 5. The molecular weight excluding hydrogens is 611 g/mol. The highest BCUT2D eigenvalue weighted by molar-refractivity contribution is 5.75. The Hall–Kier alpha value is -1.50. The molecule has 6 aliphatic carbocycles. The van der Waals surface area contributed by atoms with Crippen molar-refractivity contribution < 1.29 is 19.0 Å². The minimum Gasteiger partial charge on any atom is -0.481 e. The Bertz CT molecular complexity index is 1380. The molecule has 0 aromatic carbocycles. The van der Waals surface area contributed by atoms with E-state index in [1.165, 1.54) is 68.1 Å². The molecule has 0 aromatic rings. The summed E-state index contributed by atoms with van der Waals surface area (Å²) < 4.78 is 19.6. The molecule has 10 atom stereocenters. The molecule has 49 heavy (non-hydrogen) atoms. The van der Waals surface area contributed by atoms with Crippen molar-refractivity contribution in [1.82, 2.24) is 10.2 Å². The lowest BCUT2D eigenvalue weighted by molar-refractivity contribution is -0.221. The Labute approximate surface area is 297 Å². The highest BCUT2D eigenvalue weighted by Crippen LogP contribution is 2.76. The number of nitrogens with one attached hydrogen (secondary N) is 1. The number of fused-ring (bicyclic) bond motifs is 7. The van der Waals surface area contributed by atoms with Crippen LogP contribution in [-0.4, -0.2) is 67.6 Å². The predicted molar refractivity (Wildman–Crippen MR) is 196 cm³/mol. The van der Waals surface area contributed by atoms with Crippen LogP contribution in [0, 0.1) is 56.7 Å². The van der Waals surface area contributed by atoms with E-state index in [9.17, 15) is 14.3 Å². The second kappa shape index (κ2) is 12.6. The van der Waals surface area contributed by atoms with Crippen molar-refractivity contribution in [3.63, 3.8) is 0 Å². The Kier molecular flexibility index (Phi) is 9.21. The van der Waals surface area contributed by atoms with Crippen LogP contribution >= 0.6 is 0 Å². The Morgan fingerprint density at radius 3 is 2.37 bits per heavy atom. The Morgan fingerprint density at radius 1 is 0.959 bits per heavy atom. The molecule has 2 unspecified atom stereocenters. The number of nitrogens with zero attached hydrogens (tertiary/aromatic N) is 1.